The first-order chi connectivity index (χ1) is 15.0. The Morgan fingerprint density at radius 2 is 2.13 bits per heavy atom. The summed E-state index contributed by atoms with van der Waals surface area (Å²) in [5.41, 5.74) is 7.16. The lowest BCUT2D eigenvalue weighted by atomic mass is 9.93. The van der Waals surface area contributed by atoms with Gasteiger partial charge in [-0.3, -0.25) is 14.4 Å². The molecule has 0 bridgehead atoms. The van der Waals surface area contributed by atoms with Crippen LogP contribution in [0.25, 0.3) is 0 Å². The van der Waals surface area contributed by atoms with Crippen molar-refractivity contribution in [3.8, 4) is 6.07 Å². The van der Waals surface area contributed by atoms with Crippen LogP contribution in [-0.2, 0) is 6.54 Å². The Morgan fingerprint density at radius 3 is 2.81 bits per heavy atom. The first-order valence-electron chi connectivity index (χ1n) is 9.83. The molecule has 2 aromatic heterocycles. The second-order valence-corrected chi connectivity index (χ2v) is 7.41. The van der Waals surface area contributed by atoms with Gasteiger partial charge in [0.25, 0.3) is 5.91 Å². The van der Waals surface area contributed by atoms with E-state index < -0.39 is 5.91 Å². The molecule has 4 rings (SSSR count). The van der Waals surface area contributed by atoms with Gasteiger partial charge in [0.15, 0.2) is 5.82 Å². The van der Waals surface area contributed by atoms with Crippen LogP contribution in [0.2, 0.25) is 0 Å². The highest BCUT2D eigenvalue weighted by atomic mass is 19.1. The number of benzene rings is 1. The molecular formula is C21H21FN8O. The van der Waals surface area contributed by atoms with E-state index in [0.717, 1.165) is 12.2 Å². The Balaban J connectivity index is 1.52. The molecule has 0 radical (unpaired) electrons. The molecule has 0 aliphatic carbocycles. The van der Waals surface area contributed by atoms with Gasteiger partial charge in [0.2, 0.25) is 0 Å². The Labute approximate surface area is 178 Å². The maximum absolute atomic E-state index is 13.2. The van der Waals surface area contributed by atoms with Crippen molar-refractivity contribution < 1.29 is 9.18 Å². The molecular weight excluding hydrogens is 399 g/mol. The number of nitrogens with two attached hydrogens (primary N) is 1. The van der Waals surface area contributed by atoms with E-state index in [4.69, 9.17) is 5.73 Å². The molecule has 0 spiro atoms. The number of hydrogen-bond donors (Lipinski definition) is 2. The van der Waals surface area contributed by atoms with Crippen LogP contribution in [0.5, 0.6) is 0 Å². The summed E-state index contributed by atoms with van der Waals surface area (Å²) >= 11 is 0. The molecule has 1 amide bonds. The van der Waals surface area contributed by atoms with Crippen LogP contribution in [0.15, 0.2) is 48.8 Å². The fraction of sp³-hybridized carbons (Fsp3) is 0.286. The monoisotopic (exact) mass is 420 g/mol. The smallest absolute Gasteiger partial charge is 0.254 e. The van der Waals surface area contributed by atoms with Crippen molar-refractivity contribution in [2.45, 2.75) is 19.0 Å². The number of likely N-dealkylation sites (tertiary alicyclic amines) is 1. The topological polar surface area (TPSA) is 126 Å². The zero-order valence-corrected chi connectivity index (χ0v) is 16.6. The molecule has 158 valence electrons. The van der Waals surface area contributed by atoms with Crippen LogP contribution in [0.4, 0.5) is 15.9 Å². The molecule has 3 aromatic rings. The summed E-state index contributed by atoms with van der Waals surface area (Å²) in [5.74, 6) is -1.05. The molecule has 9 nitrogen and oxygen atoms in total. The van der Waals surface area contributed by atoms with Crippen molar-refractivity contribution in [1.29, 1.82) is 5.26 Å². The minimum atomic E-state index is -0.635. The number of rotatable bonds is 6. The number of anilines is 2. The SMILES string of the molecule is N#CC1CN(Cc2cccnn2)CCC1n1cc(C(N)=O)c(Nc2ccc(F)cc2)n1. The lowest BCUT2D eigenvalue weighted by Gasteiger charge is -2.35. The van der Waals surface area contributed by atoms with E-state index in [1.165, 1.54) is 12.1 Å². The van der Waals surface area contributed by atoms with E-state index in [0.29, 0.717) is 25.2 Å². The highest BCUT2D eigenvalue weighted by Crippen LogP contribution is 2.30. The van der Waals surface area contributed by atoms with Gasteiger partial charge in [-0.25, -0.2) is 4.39 Å². The predicted molar refractivity (Wildman–Crippen MR) is 110 cm³/mol. The second-order valence-electron chi connectivity index (χ2n) is 7.41. The maximum Gasteiger partial charge on any atom is 0.254 e. The number of nitrogens with one attached hydrogen (secondary N) is 1. The Kier molecular flexibility index (Phi) is 5.86. The molecule has 2 atom stereocenters. The maximum atomic E-state index is 13.2. The first kappa shape index (κ1) is 20.4. The molecule has 1 aromatic carbocycles. The standard InChI is InChI=1S/C21H21FN8O/c22-15-3-5-16(6-4-15)26-21-18(20(24)31)13-30(28-21)19-7-9-29(11-14(19)10-23)12-17-2-1-8-25-27-17/h1-6,8,13-14,19H,7,9,11-12H2,(H2,24,31)(H,26,28). The largest absolute Gasteiger partial charge is 0.365 e. The van der Waals surface area contributed by atoms with E-state index in [-0.39, 0.29) is 29.2 Å². The highest BCUT2D eigenvalue weighted by Gasteiger charge is 2.32. The molecule has 3 N–H and O–H groups in total. The minimum Gasteiger partial charge on any atom is -0.365 e. The van der Waals surface area contributed by atoms with Crippen molar-refractivity contribution in [2.75, 3.05) is 18.4 Å². The third kappa shape index (κ3) is 4.67. The Hall–Kier alpha value is -3.84. The number of nitriles is 1. The van der Waals surface area contributed by atoms with Gasteiger partial charge in [-0.1, -0.05) is 0 Å². The van der Waals surface area contributed by atoms with Crippen molar-refractivity contribution in [3.05, 3.63) is 65.9 Å². The minimum absolute atomic E-state index is 0.204. The molecule has 0 saturated carbocycles. The van der Waals surface area contributed by atoms with Crippen LogP contribution in [0.3, 0.4) is 0 Å². The summed E-state index contributed by atoms with van der Waals surface area (Å²) in [5, 5.41) is 25.3. The third-order valence-electron chi connectivity index (χ3n) is 5.28. The first-order valence-corrected chi connectivity index (χ1v) is 9.83. The van der Waals surface area contributed by atoms with E-state index in [1.807, 2.05) is 12.1 Å². The molecule has 1 aliphatic rings. The van der Waals surface area contributed by atoms with Crippen LogP contribution < -0.4 is 11.1 Å². The van der Waals surface area contributed by atoms with Gasteiger partial charge in [-0.2, -0.15) is 20.6 Å². The van der Waals surface area contributed by atoms with Crippen LogP contribution in [0, 0.1) is 23.1 Å². The number of nitrogens with zero attached hydrogens (tertiary/aromatic N) is 6. The average Bonchev–Trinajstić information content (AvgIpc) is 3.20. The fourth-order valence-electron chi connectivity index (χ4n) is 3.75. The van der Waals surface area contributed by atoms with E-state index in [9.17, 15) is 14.4 Å². The summed E-state index contributed by atoms with van der Waals surface area (Å²) in [6.07, 6.45) is 3.87. The number of piperidine rings is 1. The highest BCUT2D eigenvalue weighted by molar-refractivity contribution is 5.98. The van der Waals surface area contributed by atoms with Crippen LogP contribution in [-0.4, -0.2) is 43.9 Å². The van der Waals surface area contributed by atoms with E-state index in [2.05, 4.69) is 31.6 Å². The zero-order chi connectivity index (χ0) is 21.8. The Bertz CT molecular complexity index is 1090. The van der Waals surface area contributed by atoms with E-state index >= 15 is 0 Å². The van der Waals surface area contributed by atoms with E-state index in [1.54, 1.807) is 29.2 Å². The van der Waals surface area contributed by atoms with Gasteiger partial charge in [-0.15, -0.1) is 0 Å². The predicted octanol–water partition coefficient (Wildman–Crippen LogP) is 2.24. The van der Waals surface area contributed by atoms with Gasteiger partial charge >= 0.3 is 0 Å². The number of halogens is 1. The summed E-state index contributed by atoms with van der Waals surface area (Å²) in [6.45, 7) is 1.90. The van der Waals surface area contributed by atoms with Crippen molar-refractivity contribution >= 4 is 17.4 Å². The number of carbonyl (C=O) groups excluding carboxylic acids is 1. The van der Waals surface area contributed by atoms with Gasteiger partial charge in [0.05, 0.1) is 23.7 Å². The van der Waals surface area contributed by atoms with Crippen molar-refractivity contribution in [2.24, 2.45) is 11.7 Å². The van der Waals surface area contributed by atoms with Gasteiger partial charge in [-0.05, 0) is 42.8 Å². The fourth-order valence-corrected chi connectivity index (χ4v) is 3.75. The summed E-state index contributed by atoms with van der Waals surface area (Å²) in [7, 11) is 0. The molecule has 10 heteroatoms. The average molecular weight is 420 g/mol. The number of primary amides is 1. The quantitative estimate of drug-likeness (QED) is 0.626. The summed E-state index contributed by atoms with van der Waals surface area (Å²) in [4.78, 5) is 14.1. The number of amides is 1. The number of aromatic nitrogens is 4. The normalized spacial score (nSPS) is 19.0. The lowest BCUT2D eigenvalue weighted by molar-refractivity contribution is 0.100. The molecule has 1 saturated heterocycles. The zero-order valence-electron chi connectivity index (χ0n) is 16.6. The summed E-state index contributed by atoms with van der Waals surface area (Å²) < 4.78 is 14.8. The second kappa shape index (κ2) is 8.89. The molecule has 3 heterocycles. The van der Waals surface area contributed by atoms with Crippen LogP contribution in [0.1, 0.15) is 28.5 Å². The number of carbonyl (C=O) groups is 1. The number of hydrogen-bond acceptors (Lipinski definition) is 7. The molecule has 2 unspecified atom stereocenters. The third-order valence-corrected chi connectivity index (χ3v) is 5.28. The summed E-state index contributed by atoms with van der Waals surface area (Å²) in [6, 6.07) is 11.6. The molecule has 1 aliphatic heterocycles. The lowest BCUT2D eigenvalue weighted by Crippen LogP contribution is -2.40. The van der Waals surface area contributed by atoms with Gasteiger partial charge < -0.3 is 11.1 Å². The van der Waals surface area contributed by atoms with Crippen molar-refractivity contribution in [3.63, 3.8) is 0 Å². The van der Waals surface area contributed by atoms with Gasteiger partial charge in [0, 0.05) is 37.7 Å². The van der Waals surface area contributed by atoms with Crippen molar-refractivity contribution in [1.82, 2.24) is 24.9 Å². The van der Waals surface area contributed by atoms with Gasteiger partial charge in [0.1, 0.15) is 11.4 Å². The molecule has 1 fully saturated rings. The molecule has 31 heavy (non-hydrogen) atoms. The Morgan fingerprint density at radius 1 is 1.32 bits per heavy atom. The van der Waals surface area contributed by atoms with Crippen LogP contribution >= 0.6 is 0 Å².